The number of ether oxygens (including phenoxy) is 1. The molecule has 1 N–H and O–H groups in total. The molecule has 174 valence electrons. The molecule has 1 aromatic carbocycles. The van der Waals surface area contributed by atoms with Crippen LogP contribution in [0, 0.1) is 5.82 Å². The van der Waals surface area contributed by atoms with E-state index in [-0.39, 0.29) is 24.1 Å². The lowest BCUT2D eigenvalue weighted by molar-refractivity contribution is -0.132. The van der Waals surface area contributed by atoms with Crippen LogP contribution in [0.5, 0.6) is 0 Å². The van der Waals surface area contributed by atoms with Gasteiger partial charge >= 0.3 is 6.09 Å². The molecule has 0 bridgehead atoms. The summed E-state index contributed by atoms with van der Waals surface area (Å²) in [6.07, 6.45) is 5.66. The predicted molar refractivity (Wildman–Crippen MR) is 120 cm³/mol. The number of nitrogens with zero attached hydrogens (tertiary/aromatic N) is 4. The van der Waals surface area contributed by atoms with E-state index in [0.717, 1.165) is 17.7 Å². The summed E-state index contributed by atoms with van der Waals surface area (Å²) in [4.78, 5) is 36.2. The molecule has 1 aliphatic heterocycles. The Hall–Kier alpha value is -3.49. The van der Waals surface area contributed by atoms with Gasteiger partial charge in [0.05, 0.1) is 0 Å². The summed E-state index contributed by atoms with van der Waals surface area (Å²) in [5.41, 5.74) is 1.10. The van der Waals surface area contributed by atoms with Crippen molar-refractivity contribution in [1.29, 1.82) is 0 Å². The summed E-state index contributed by atoms with van der Waals surface area (Å²) in [7, 11) is 0. The van der Waals surface area contributed by atoms with Crippen LogP contribution in [-0.4, -0.2) is 56.0 Å². The van der Waals surface area contributed by atoms with E-state index in [1.54, 1.807) is 50.2 Å². The second-order valence-electron chi connectivity index (χ2n) is 9.27. The SMILES string of the molecule is CC(C)(C)OC(=O)N[C@@H](Cc1ccc(F)cc1)C(=O)N1CC[C@@H](c2ccnc3nccn23)C1. The van der Waals surface area contributed by atoms with Gasteiger partial charge in [0.15, 0.2) is 0 Å². The molecule has 4 rings (SSSR count). The van der Waals surface area contributed by atoms with Crippen molar-refractivity contribution in [3.63, 3.8) is 0 Å². The zero-order valence-corrected chi connectivity index (χ0v) is 19.0. The Kier molecular flexibility index (Phi) is 6.31. The van der Waals surface area contributed by atoms with E-state index in [2.05, 4.69) is 15.3 Å². The first-order valence-corrected chi connectivity index (χ1v) is 11.0. The summed E-state index contributed by atoms with van der Waals surface area (Å²) in [6, 6.07) is 7.04. The van der Waals surface area contributed by atoms with Crippen molar-refractivity contribution in [3.8, 4) is 0 Å². The van der Waals surface area contributed by atoms with Crippen molar-refractivity contribution < 1.29 is 18.7 Å². The topological polar surface area (TPSA) is 88.8 Å². The molecule has 33 heavy (non-hydrogen) atoms. The number of fused-ring (bicyclic) bond motifs is 1. The molecule has 2 aromatic heterocycles. The number of rotatable bonds is 5. The normalized spacial score (nSPS) is 17.2. The van der Waals surface area contributed by atoms with Gasteiger partial charge in [0.2, 0.25) is 11.7 Å². The molecule has 1 saturated heterocycles. The van der Waals surface area contributed by atoms with Gasteiger partial charge in [-0.05, 0) is 51.0 Å². The lowest BCUT2D eigenvalue weighted by Crippen LogP contribution is -2.50. The van der Waals surface area contributed by atoms with Crippen LogP contribution in [0.3, 0.4) is 0 Å². The van der Waals surface area contributed by atoms with E-state index in [0.29, 0.717) is 18.9 Å². The number of alkyl carbamates (subject to hydrolysis) is 1. The van der Waals surface area contributed by atoms with Gasteiger partial charge in [0.25, 0.3) is 0 Å². The van der Waals surface area contributed by atoms with Crippen LogP contribution < -0.4 is 5.32 Å². The Labute approximate surface area is 191 Å². The molecule has 9 heteroatoms. The number of aromatic nitrogens is 3. The minimum Gasteiger partial charge on any atom is -0.444 e. The predicted octanol–water partition coefficient (Wildman–Crippen LogP) is 3.32. The highest BCUT2D eigenvalue weighted by atomic mass is 19.1. The average molecular weight is 454 g/mol. The van der Waals surface area contributed by atoms with Gasteiger partial charge in [-0.1, -0.05) is 12.1 Å². The van der Waals surface area contributed by atoms with E-state index in [9.17, 15) is 14.0 Å². The lowest BCUT2D eigenvalue weighted by atomic mass is 10.0. The third kappa shape index (κ3) is 5.47. The molecule has 1 aliphatic rings. The van der Waals surface area contributed by atoms with Gasteiger partial charge in [0, 0.05) is 49.7 Å². The van der Waals surface area contributed by atoms with Crippen molar-refractivity contribution in [2.75, 3.05) is 13.1 Å². The van der Waals surface area contributed by atoms with Crippen LogP contribution in [0.4, 0.5) is 9.18 Å². The van der Waals surface area contributed by atoms with E-state index in [1.165, 1.54) is 12.1 Å². The number of likely N-dealkylation sites (tertiary alicyclic amines) is 1. The molecule has 2 atom stereocenters. The maximum Gasteiger partial charge on any atom is 0.408 e. The molecule has 1 fully saturated rings. The first kappa shape index (κ1) is 22.7. The van der Waals surface area contributed by atoms with E-state index in [4.69, 9.17) is 4.74 Å². The molecular weight excluding hydrogens is 425 g/mol. The smallest absolute Gasteiger partial charge is 0.408 e. The van der Waals surface area contributed by atoms with Crippen molar-refractivity contribution in [1.82, 2.24) is 24.6 Å². The molecule has 0 spiro atoms. The third-order valence-electron chi connectivity index (χ3n) is 5.60. The van der Waals surface area contributed by atoms with Gasteiger partial charge in [0.1, 0.15) is 17.5 Å². The first-order chi connectivity index (χ1) is 15.7. The monoisotopic (exact) mass is 453 g/mol. The molecule has 2 amide bonds. The Bertz CT molecular complexity index is 1140. The van der Waals surface area contributed by atoms with Crippen molar-refractivity contribution in [3.05, 3.63) is 66.0 Å². The highest BCUT2D eigenvalue weighted by Gasteiger charge is 2.34. The zero-order valence-electron chi connectivity index (χ0n) is 19.0. The molecule has 0 aliphatic carbocycles. The average Bonchev–Trinajstić information content (AvgIpc) is 3.42. The molecular formula is C24H28FN5O3. The maximum atomic E-state index is 13.5. The van der Waals surface area contributed by atoms with Crippen molar-refractivity contribution in [2.24, 2.45) is 0 Å². The molecule has 0 unspecified atom stereocenters. The van der Waals surface area contributed by atoms with E-state index >= 15 is 0 Å². The maximum absolute atomic E-state index is 13.5. The number of carbonyl (C=O) groups is 2. The van der Waals surface area contributed by atoms with Crippen LogP contribution in [-0.2, 0) is 16.0 Å². The van der Waals surface area contributed by atoms with Crippen LogP contribution in [0.15, 0.2) is 48.9 Å². The largest absolute Gasteiger partial charge is 0.444 e. The molecule has 8 nitrogen and oxygen atoms in total. The minimum absolute atomic E-state index is 0.127. The Morgan fingerprint density at radius 1 is 1.18 bits per heavy atom. The van der Waals surface area contributed by atoms with Crippen LogP contribution in [0.2, 0.25) is 0 Å². The molecule has 3 aromatic rings. The second kappa shape index (κ2) is 9.17. The number of nitrogens with one attached hydrogen (secondary N) is 1. The number of halogens is 1. The fourth-order valence-corrected chi connectivity index (χ4v) is 4.11. The number of amides is 2. The van der Waals surface area contributed by atoms with Gasteiger partial charge in [-0.15, -0.1) is 0 Å². The quantitative estimate of drug-likeness (QED) is 0.640. The summed E-state index contributed by atoms with van der Waals surface area (Å²) >= 11 is 0. The summed E-state index contributed by atoms with van der Waals surface area (Å²) in [6.45, 7) is 6.38. The first-order valence-electron chi connectivity index (χ1n) is 11.0. The number of hydrogen-bond acceptors (Lipinski definition) is 5. The Morgan fingerprint density at radius 2 is 1.91 bits per heavy atom. The van der Waals surface area contributed by atoms with Gasteiger partial charge < -0.3 is 15.0 Å². The minimum atomic E-state index is -0.824. The standard InChI is InChI=1S/C24H28FN5O3/c1-24(2,3)33-23(32)28-19(14-16-4-6-18(25)7-5-16)21(31)29-12-9-17(15-29)20-8-10-26-22-27-11-13-30(20)22/h4-8,10-11,13,17,19H,9,12,14-15H2,1-3H3,(H,28,32)/t17-,19+/m1/s1. The van der Waals surface area contributed by atoms with Crippen LogP contribution in [0.1, 0.15) is 44.4 Å². The Balaban J connectivity index is 1.50. The van der Waals surface area contributed by atoms with Crippen LogP contribution >= 0.6 is 0 Å². The zero-order chi connectivity index (χ0) is 23.6. The fourth-order valence-electron chi connectivity index (χ4n) is 4.11. The van der Waals surface area contributed by atoms with Gasteiger partial charge in [-0.3, -0.25) is 9.20 Å². The Morgan fingerprint density at radius 3 is 2.64 bits per heavy atom. The van der Waals surface area contributed by atoms with Crippen molar-refractivity contribution in [2.45, 2.75) is 51.2 Å². The van der Waals surface area contributed by atoms with Gasteiger partial charge in [-0.25, -0.2) is 19.2 Å². The number of benzene rings is 1. The lowest BCUT2D eigenvalue weighted by Gasteiger charge is -2.26. The summed E-state index contributed by atoms with van der Waals surface area (Å²) in [5, 5.41) is 2.72. The number of carbonyl (C=O) groups excluding carboxylic acids is 2. The summed E-state index contributed by atoms with van der Waals surface area (Å²) in [5.74, 6) is 0.204. The molecule has 0 saturated carbocycles. The van der Waals surface area contributed by atoms with Crippen molar-refractivity contribution >= 4 is 17.8 Å². The summed E-state index contributed by atoms with van der Waals surface area (Å²) < 4.78 is 20.6. The highest BCUT2D eigenvalue weighted by Crippen LogP contribution is 2.28. The van der Waals surface area contributed by atoms with E-state index in [1.807, 2.05) is 16.7 Å². The second-order valence-corrected chi connectivity index (χ2v) is 9.27. The molecule has 0 radical (unpaired) electrons. The number of hydrogen-bond donors (Lipinski definition) is 1. The molecule has 3 heterocycles. The third-order valence-corrected chi connectivity index (χ3v) is 5.60. The fraction of sp³-hybridized carbons (Fsp3) is 0.417. The van der Waals surface area contributed by atoms with E-state index < -0.39 is 17.7 Å². The van der Waals surface area contributed by atoms with Gasteiger partial charge in [-0.2, -0.15) is 0 Å². The highest BCUT2D eigenvalue weighted by molar-refractivity contribution is 5.86. The van der Waals surface area contributed by atoms with Crippen LogP contribution in [0.25, 0.3) is 5.78 Å². The number of imidazole rings is 1.